The molecule has 1 aromatic heterocycles. The summed E-state index contributed by atoms with van der Waals surface area (Å²) in [5.41, 5.74) is 0.540. The summed E-state index contributed by atoms with van der Waals surface area (Å²) in [6.07, 6.45) is 1.57. The van der Waals surface area contributed by atoms with Crippen molar-refractivity contribution in [1.29, 1.82) is 5.26 Å². The van der Waals surface area contributed by atoms with E-state index in [-0.39, 0.29) is 11.8 Å². The molecule has 2 rings (SSSR count). The molecule has 1 aromatic rings. The van der Waals surface area contributed by atoms with Gasteiger partial charge in [0.1, 0.15) is 5.69 Å². The minimum absolute atomic E-state index is 0.000685. The number of piperidine rings is 1. The maximum atomic E-state index is 12.0. The van der Waals surface area contributed by atoms with Gasteiger partial charge in [-0.2, -0.15) is 5.26 Å². The minimum Gasteiger partial charge on any atom is -0.337 e. The molecule has 1 aliphatic heterocycles. The Hall–Kier alpha value is -1.41. The van der Waals surface area contributed by atoms with Crippen LogP contribution in [-0.2, 0) is 0 Å². The molecule has 0 atom stereocenters. The van der Waals surface area contributed by atoms with E-state index in [0.717, 1.165) is 17.8 Å². The fourth-order valence-corrected chi connectivity index (χ4v) is 2.42. The van der Waals surface area contributed by atoms with Crippen LogP contribution in [-0.4, -0.2) is 28.9 Å². The van der Waals surface area contributed by atoms with E-state index < -0.39 is 0 Å². The van der Waals surface area contributed by atoms with Gasteiger partial charge in [0.05, 0.1) is 11.1 Å². The van der Waals surface area contributed by atoms with Gasteiger partial charge in [0.2, 0.25) is 0 Å². The van der Waals surface area contributed by atoms with Crippen molar-refractivity contribution >= 4 is 17.2 Å². The van der Waals surface area contributed by atoms with Gasteiger partial charge in [-0.05, 0) is 19.8 Å². The van der Waals surface area contributed by atoms with Crippen LogP contribution in [0.4, 0.5) is 0 Å². The highest BCUT2D eigenvalue weighted by Crippen LogP contribution is 2.18. The standard InChI is InChI=1S/C11H13N3OS/c1-8-13-10(7-16-8)11(15)14-4-2-9(6-12)3-5-14/h7,9H,2-5H2,1H3. The Labute approximate surface area is 98.5 Å². The Balaban J connectivity index is 2.00. The fraction of sp³-hybridized carbons (Fsp3) is 0.545. The van der Waals surface area contributed by atoms with Crippen LogP contribution in [0.15, 0.2) is 5.38 Å². The molecule has 0 bridgehead atoms. The van der Waals surface area contributed by atoms with E-state index in [1.165, 1.54) is 11.3 Å². The van der Waals surface area contributed by atoms with Gasteiger partial charge in [-0.3, -0.25) is 4.79 Å². The molecule has 5 heteroatoms. The topological polar surface area (TPSA) is 57.0 Å². The Morgan fingerprint density at radius 1 is 1.62 bits per heavy atom. The number of rotatable bonds is 1. The number of carbonyl (C=O) groups is 1. The first kappa shape index (κ1) is 11.1. The monoisotopic (exact) mass is 235 g/mol. The number of hydrogen-bond donors (Lipinski definition) is 0. The van der Waals surface area contributed by atoms with Gasteiger partial charge in [-0.15, -0.1) is 11.3 Å². The first-order valence-corrected chi connectivity index (χ1v) is 6.19. The molecule has 0 aromatic carbocycles. The zero-order valence-electron chi connectivity index (χ0n) is 9.14. The second-order valence-corrected chi connectivity index (χ2v) is 5.01. The zero-order valence-corrected chi connectivity index (χ0v) is 9.96. The second-order valence-electron chi connectivity index (χ2n) is 3.95. The molecule has 0 unspecified atom stereocenters. The van der Waals surface area contributed by atoms with Crippen molar-refractivity contribution in [2.24, 2.45) is 5.92 Å². The summed E-state index contributed by atoms with van der Waals surface area (Å²) in [5.74, 6) is 0.113. The number of nitrogens with zero attached hydrogens (tertiary/aromatic N) is 3. The molecule has 0 saturated carbocycles. The first-order valence-electron chi connectivity index (χ1n) is 5.31. The summed E-state index contributed by atoms with van der Waals surface area (Å²) < 4.78 is 0. The van der Waals surface area contributed by atoms with Gasteiger partial charge >= 0.3 is 0 Å². The first-order chi connectivity index (χ1) is 7.70. The van der Waals surface area contributed by atoms with Crippen LogP contribution < -0.4 is 0 Å². The van der Waals surface area contributed by atoms with Crippen molar-refractivity contribution in [3.8, 4) is 6.07 Å². The number of aromatic nitrogens is 1. The molecule has 84 valence electrons. The van der Waals surface area contributed by atoms with Crippen molar-refractivity contribution in [3.05, 3.63) is 16.1 Å². The van der Waals surface area contributed by atoms with E-state index in [0.29, 0.717) is 18.8 Å². The average molecular weight is 235 g/mol. The predicted molar refractivity (Wildman–Crippen MR) is 61.1 cm³/mol. The summed E-state index contributed by atoms with van der Waals surface area (Å²) in [4.78, 5) is 18.0. The van der Waals surface area contributed by atoms with Gasteiger partial charge in [0, 0.05) is 24.4 Å². The van der Waals surface area contributed by atoms with E-state index in [9.17, 15) is 4.79 Å². The van der Waals surface area contributed by atoms with Crippen LogP contribution in [0.2, 0.25) is 0 Å². The smallest absolute Gasteiger partial charge is 0.273 e. The quantitative estimate of drug-likeness (QED) is 0.746. The lowest BCUT2D eigenvalue weighted by Gasteiger charge is -2.28. The number of amides is 1. The van der Waals surface area contributed by atoms with E-state index in [2.05, 4.69) is 11.1 Å². The highest BCUT2D eigenvalue weighted by molar-refractivity contribution is 7.09. The number of aryl methyl sites for hydroxylation is 1. The van der Waals surface area contributed by atoms with Crippen LogP contribution in [0.3, 0.4) is 0 Å². The molecule has 0 radical (unpaired) electrons. The molecule has 1 fully saturated rings. The largest absolute Gasteiger partial charge is 0.337 e. The van der Waals surface area contributed by atoms with Gasteiger partial charge in [-0.25, -0.2) is 4.98 Å². The number of hydrogen-bond acceptors (Lipinski definition) is 4. The van der Waals surface area contributed by atoms with E-state index in [1.807, 2.05) is 6.92 Å². The number of likely N-dealkylation sites (tertiary alicyclic amines) is 1. The molecular formula is C11H13N3OS. The third kappa shape index (κ3) is 2.22. The van der Waals surface area contributed by atoms with Gasteiger partial charge in [-0.1, -0.05) is 0 Å². The molecule has 1 saturated heterocycles. The highest BCUT2D eigenvalue weighted by Gasteiger charge is 2.24. The predicted octanol–water partition coefficient (Wildman–Crippen LogP) is 1.83. The molecule has 0 aliphatic carbocycles. The minimum atomic E-state index is 0.000685. The lowest BCUT2D eigenvalue weighted by atomic mass is 9.98. The van der Waals surface area contributed by atoms with Gasteiger partial charge in [0.15, 0.2) is 0 Å². The maximum Gasteiger partial charge on any atom is 0.273 e. The van der Waals surface area contributed by atoms with Crippen molar-refractivity contribution in [2.45, 2.75) is 19.8 Å². The Morgan fingerprint density at radius 2 is 2.31 bits per heavy atom. The van der Waals surface area contributed by atoms with Crippen molar-refractivity contribution in [1.82, 2.24) is 9.88 Å². The van der Waals surface area contributed by atoms with Crippen molar-refractivity contribution in [3.63, 3.8) is 0 Å². The van der Waals surface area contributed by atoms with Crippen molar-refractivity contribution < 1.29 is 4.79 Å². The van der Waals surface area contributed by atoms with Crippen LogP contribution in [0, 0.1) is 24.2 Å². The van der Waals surface area contributed by atoms with Gasteiger partial charge in [0.25, 0.3) is 5.91 Å². The summed E-state index contributed by atoms with van der Waals surface area (Å²) in [6, 6.07) is 2.26. The summed E-state index contributed by atoms with van der Waals surface area (Å²) in [6.45, 7) is 3.24. The lowest BCUT2D eigenvalue weighted by molar-refractivity contribution is 0.0702. The van der Waals surface area contributed by atoms with Crippen LogP contribution >= 0.6 is 11.3 Å². The molecule has 1 aliphatic rings. The van der Waals surface area contributed by atoms with E-state index >= 15 is 0 Å². The van der Waals surface area contributed by atoms with Crippen molar-refractivity contribution in [2.75, 3.05) is 13.1 Å². The molecule has 2 heterocycles. The summed E-state index contributed by atoms with van der Waals surface area (Å²) >= 11 is 1.49. The lowest BCUT2D eigenvalue weighted by Crippen LogP contribution is -2.38. The SMILES string of the molecule is Cc1nc(C(=O)N2CCC(C#N)CC2)cs1. The van der Waals surface area contributed by atoms with E-state index in [4.69, 9.17) is 5.26 Å². The van der Waals surface area contributed by atoms with E-state index in [1.54, 1.807) is 10.3 Å². The van der Waals surface area contributed by atoms with Crippen LogP contribution in [0.1, 0.15) is 28.3 Å². The normalized spacial score (nSPS) is 17.1. The second kappa shape index (κ2) is 4.62. The highest BCUT2D eigenvalue weighted by atomic mass is 32.1. The molecule has 1 amide bonds. The number of carbonyl (C=O) groups excluding carboxylic acids is 1. The Kier molecular flexibility index (Phi) is 3.20. The zero-order chi connectivity index (χ0) is 11.5. The summed E-state index contributed by atoms with van der Waals surface area (Å²) in [7, 11) is 0. The number of nitriles is 1. The maximum absolute atomic E-state index is 12.0. The molecule has 16 heavy (non-hydrogen) atoms. The Morgan fingerprint density at radius 3 is 2.81 bits per heavy atom. The number of thiazole rings is 1. The van der Waals surface area contributed by atoms with Gasteiger partial charge < -0.3 is 4.90 Å². The van der Waals surface area contributed by atoms with Crippen LogP contribution in [0.25, 0.3) is 0 Å². The average Bonchev–Trinajstić information content (AvgIpc) is 2.75. The molecule has 4 nitrogen and oxygen atoms in total. The third-order valence-corrected chi connectivity index (χ3v) is 3.58. The molecular weight excluding hydrogens is 222 g/mol. The summed E-state index contributed by atoms with van der Waals surface area (Å²) in [5, 5.41) is 11.5. The van der Waals surface area contributed by atoms with Crippen LogP contribution in [0.5, 0.6) is 0 Å². The Bertz CT molecular complexity index is 427. The fourth-order valence-electron chi connectivity index (χ4n) is 1.84. The molecule has 0 spiro atoms. The third-order valence-electron chi connectivity index (χ3n) is 2.80. The molecule has 0 N–H and O–H groups in total.